The molecule has 3 nitrogen and oxygen atoms in total. The minimum atomic E-state index is 0.598. The van der Waals surface area contributed by atoms with E-state index in [4.69, 9.17) is 4.98 Å². The molecule has 0 amide bonds. The van der Waals surface area contributed by atoms with Gasteiger partial charge in [-0.15, -0.1) is 11.3 Å². The van der Waals surface area contributed by atoms with Crippen LogP contribution in [0.25, 0.3) is 4.96 Å². The fourth-order valence-electron chi connectivity index (χ4n) is 3.62. The van der Waals surface area contributed by atoms with E-state index in [1.807, 2.05) is 0 Å². The van der Waals surface area contributed by atoms with Crippen LogP contribution in [0.1, 0.15) is 45.2 Å². The van der Waals surface area contributed by atoms with Gasteiger partial charge in [-0.3, -0.25) is 4.40 Å². The van der Waals surface area contributed by atoms with Gasteiger partial charge in [0, 0.05) is 30.2 Å². The second-order valence-corrected chi connectivity index (χ2v) is 6.91. The number of rotatable bonds is 6. The Hall–Kier alpha value is -0.870. The van der Waals surface area contributed by atoms with Crippen LogP contribution in [0, 0.1) is 11.8 Å². The van der Waals surface area contributed by atoms with Crippen LogP contribution >= 0.6 is 11.3 Å². The van der Waals surface area contributed by atoms with Crippen molar-refractivity contribution in [3.63, 3.8) is 0 Å². The predicted molar refractivity (Wildman–Crippen MR) is 85.4 cm³/mol. The number of hydrogen-bond donors (Lipinski definition) is 1. The van der Waals surface area contributed by atoms with Gasteiger partial charge < -0.3 is 5.32 Å². The third-order valence-corrected chi connectivity index (χ3v) is 5.54. The molecule has 3 unspecified atom stereocenters. The second kappa shape index (κ2) is 6.27. The molecule has 0 spiro atoms. The van der Waals surface area contributed by atoms with Gasteiger partial charge in [-0.05, 0) is 31.2 Å². The Kier molecular flexibility index (Phi) is 4.41. The number of fused-ring (bicyclic) bond motifs is 1. The summed E-state index contributed by atoms with van der Waals surface area (Å²) in [7, 11) is 0. The first-order valence-electron chi connectivity index (χ1n) is 7.94. The number of nitrogens with one attached hydrogen (secondary N) is 1. The van der Waals surface area contributed by atoms with Crippen LogP contribution in [-0.2, 0) is 6.42 Å². The van der Waals surface area contributed by atoms with Crippen LogP contribution in [0.5, 0.6) is 0 Å². The summed E-state index contributed by atoms with van der Waals surface area (Å²) in [4.78, 5) is 5.87. The molecule has 4 heteroatoms. The largest absolute Gasteiger partial charge is 0.314 e. The highest BCUT2D eigenvalue weighted by Crippen LogP contribution is 2.35. The number of likely N-dealkylation sites (N-methyl/N-ethyl adjacent to an activating group) is 1. The molecule has 0 aromatic carbocycles. The Morgan fingerprint density at radius 2 is 2.35 bits per heavy atom. The summed E-state index contributed by atoms with van der Waals surface area (Å²) in [6, 6.07) is 0.598. The van der Waals surface area contributed by atoms with Crippen molar-refractivity contribution in [2.24, 2.45) is 11.8 Å². The van der Waals surface area contributed by atoms with Gasteiger partial charge >= 0.3 is 0 Å². The lowest BCUT2D eigenvalue weighted by molar-refractivity contribution is 0.347. The van der Waals surface area contributed by atoms with E-state index >= 15 is 0 Å². The molecule has 20 heavy (non-hydrogen) atoms. The average Bonchev–Trinajstić information content (AvgIpc) is 3.13. The monoisotopic (exact) mass is 291 g/mol. The fourth-order valence-corrected chi connectivity index (χ4v) is 4.34. The van der Waals surface area contributed by atoms with Gasteiger partial charge in [0.15, 0.2) is 4.96 Å². The lowest BCUT2D eigenvalue weighted by Crippen LogP contribution is -2.37. The van der Waals surface area contributed by atoms with Crippen LogP contribution < -0.4 is 5.32 Å². The first-order chi connectivity index (χ1) is 9.80. The van der Waals surface area contributed by atoms with Gasteiger partial charge in [-0.1, -0.05) is 26.7 Å². The van der Waals surface area contributed by atoms with Crippen molar-refractivity contribution in [3.8, 4) is 0 Å². The van der Waals surface area contributed by atoms with Crippen molar-refractivity contribution in [2.45, 2.75) is 52.0 Å². The summed E-state index contributed by atoms with van der Waals surface area (Å²) in [5.41, 5.74) is 1.24. The molecule has 2 heterocycles. The zero-order chi connectivity index (χ0) is 13.9. The smallest absolute Gasteiger partial charge is 0.193 e. The van der Waals surface area contributed by atoms with Crippen molar-refractivity contribution in [1.29, 1.82) is 0 Å². The molecule has 1 N–H and O–H groups in total. The van der Waals surface area contributed by atoms with E-state index in [0.717, 1.165) is 29.8 Å². The molecule has 1 aliphatic rings. The molecule has 3 atom stereocenters. The third kappa shape index (κ3) is 2.91. The Labute approximate surface area is 125 Å². The molecule has 110 valence electrons. The zero-order valence-corrected chi connectivity index (χ0v) is 13.3. The number of aromatic nitrogens is 2. The molecule has 1 fully saturated rings. The average molecular weight is 291 g/mol. The maximum atomic E-state index is 4.75. The Morgan fingerprint density at radius 1 is 1.45 bits per heavy atom. The van der Waals surface area contributed by atoms with Crippen molar-refractivity contribution < 1.29 is 0 Å². The minimum absolute atomic E-state index is 0.598. The molecule has 1 aliphatic carbocycles. The van der Waals surface area contributed by atoms with E-state index in [-0.39, 0.29) is 0 Å². The molecule has 2 aromatic heterocycles. The zero-order valence-electron chi connectivity index (χ0n) is 12.5. The molecule has 0 saturated heterocycles. The van der Waals surface area contributed by atoms with E-state index in [9.17, 15) is 0 Å². The highest BCUT2D eigenvalue weighted by molar-refractivity contribution is 7.15. The van der Waals surface area contributed by atoms with Gasteiger partial charge in [0.1, 0.15) is 0 Å². The summed E-state index contributed by atoms with van der Waals surface area (Å²) in [6.07, 6.45) is 10.9. The molecule has 3 rings (SSSR count). The second-order valence-electron chi connectivity index (χ2n) is 6.04. The van der Waals surface area contributed by atoms with Gasteiger partial charge in [0.25, 0.3) is 0 Å². The highest BCUT2D eigenvalue weighted by atomic mass is 32.1. The summed E-state index contributed by atoms with van der Waals surface area (Å²) in [6.45, 7) is 5.60. The van der Waals surface area contributed by atoms with Crippen molar-refractivity contribution in [2.75, 3.05) is 6.54 Å². The van der Waals surface area contributed by atoms with E-state index in [1.165, 1.54) is 31.4 Å². The summed E-state index contributed by atoms with van der Waals surface area (Å²) < 4.78 is 2.15. The Morgan fingerprint density at radius 3 is 3.05 bits per heavy atom. The Balaban J connectivity index is 1.69. The molecule has 0 bridgehead atoms. The SMILES string of the molecule is CCNC(Cc1cn2ccsc2n1)C1CCC(CC)C1. The van der Waals surface area contributed by atoms with E-state index < -0.39 is 0 Å². The lowest BCUT2D eigenvalue weighted by Gasteiger charge is -2.24. The van der Waals surface area contributed by atoms with Gasteiger partial charge in [-0.25, -0.2) is 4.98 Å². The van der Waals surface area contributed by atoms with Crippen LogP contribution in [0.15, 0.2) is 17.8 Å². The molecular formula is C16H25N3S. The lowest BCUT2D eigenvalue weighted by atomic mass is 9.92. The quantitative estimate of drug-likeness (QED) is 0.878. The van der Waals surface area contributed by atoms with E-state index in [0.29, 0.717) is 6.04 Å². The van der Waals surface area contributed by atoms with Gasteiger partial charge in [0.2, 0.25) is 0 Å². The predicted octanol–water partition coefficient (Wildman–Crippen LogP) is 3.74. The maximum absolute atomic E-state index is 4.75. The van der Waals surface area contributed by atoms with Gasteiger partial charge in [-0.2, -0.15) is 0 Å². The van der Waals surface area contributed by atoms with E-state index in [2.05, 4.69) is 41.3 Å². The standard InChI is InChI=1S/C16H25N3S/c1-3-12-5-6-13(9-12)15(17-4-2)10-14-11-19-7-8-20-16(19)18-14/h7-8,11-13,15,17H,3-6,9-10H2,1-2H3. The minimum Gasteiger partial charge on any atom is -0.314 e. The van der Waals surface area contributed by atoms with Crippen LogP contribution in [0.3, 0.4) is 0 Å². The van der Waals surface area contributed by atoms with Crippen molar-refractivity contribution in [3.05, 3.63) is 23.5 Å². The number of imidazole rings is 1. The fraction of sp³-hybridized carbons (Fsp3) is 0.688. The van der Waals surface area contributed by atoms with Crippen LogP contribution in [-0.4, -0.2) is 22.0 Å². The van der Waals surface area contributed by atoms with Crippen LogP contribution in [0.4, 0.5) is 0 Å². The molecule has 0 radical (unpaired) electrons. The molecule has 1 saturated carbocycles. The molecular weight excluding hydrogens is 266 g/mol. The highest BCUT2D eigenvalue weighted by Gasteiger charge is 2.30. The third-order valence-electron chi connectivity index (χ3n) is 4.77. The normalized spacial score (nSPS) is 24.5. The molecule has 2 aromatic rings. The summed E-state index contributed by atoms with van der Waals surface area (Å²) in [5.74, 6) is 1.78. The Bertz CT molecular complexity index is 516. The summed E-state index contributed by atoms with van der Waals surface area (Å²) in [5, 5.41) is 5.80. The maximum Gasteiger partial charge on any atom is 0.193 e. The topological polar surface area (TPSA) is 29.3 Å². The van der Waals surface area contributed by atoms with Gasteiger partial charge in [0.05, 0.1) is 5.69 Å². The first-order valence-corrected chi connectivity index (χ1v) is 8.82. The number of thiazole rings is 1. The molecule has 0 aliphatic heterocycles. The summed E-state index contributed by atoms with van der Waals surface area (Å²) >= 11 is 1.72. The van der Waals surface area contributed by atoms with Crippen LogP contribution in [0.2, 0.25) is 0 Å². The van der Waals surface area contributed by atoms with Crippen molar-refractivity contribution in [1.82, 2.24) is 14.7 Å². The number of hydrogen-bond acceptors (Lipinski definition) is 3. The first kappa shape index (κ1) is 14.1. The number of nitrogens with zero attached hydrogens (tertiary/aromatic N) is 2. The van der Waals surface area contributed by atoms with Crippen molar-refractivity contribution >= 4 is 16.3 Å². The van der Waals surface area contributed by atoms with E-state index in [1.54, 1.807) is 11.3 Å².